The van der Waals surface area contributed by atoms with E-state index in [1.807, 2.05) is 11.3 Å². The maximum absolute atomic E-state index is 2.28. The van der Waals surface area contributed by atoms with Crippen molar-refractivity contribution in [2.75, 3.05) is 5.75 Å². The molecule has 2 heteroatoms. The average molecular weight is 246 g/mol. The molecule has 1 fully saturated rings. The number of thioether (sulfide) groups is 1. The van der Waals surface area contributed by atoms with E-state index >= 15 is 0 Å². The van der Waals surface area contributed by atoms with Crippen LogP contribution in [0.5, 0.6) is 0 Å². The first kappa shape index (κ1) is 10.4. The fourth-order valence-corrected chi connectivity index (χ4v) is 4.70. The lowest BCUT2D eigenvalue weighted by Crippen LogP contribution is -1.94. The molecule has 2 atom stereocenters. The van der Waals surface area contributed by atoms with Gasteiger partial charge in [-0.05, 0) is 23.4 Å². The fraction of sp³-hybridized carbons (Fsp3) is 0.286. The van der Waals surface area contributed by atoms with Gasteiger partial charge >= 0.3 is 0 Å². The highest BCUT2D eigenvalue weighted by molar-refractivity contribution is 7.99. The van der Waals surface area contributed by atoms with Crippen LogP contribution in [0.4, 0.5) is 0 Å². The Hall–Kier alpha value is -0.730. The Bertz CT molecular complexity index is 433. The Balaban J connectivity index is 1.74. The van der Waals surface area contributed by atoms with Crippen molar-refractivity contribution in [2.24, 2.45) is 0 Å². The van der Waals surface area contributed by atoms with Gasteiger partial charge in [0.1, 0.15) is 0 Å². The SMILES string of the molecule is c1ccc(C2CC(c3cccs3)CS2)cc1. The molecule has 1 aliphatic heterocycles. The van der Waals surface area contributed by atoms with Gasteiger partial charge in [-0.3, -0.25) is 0 Å². The van der Waals surface area contributed by atoms with Gasteiger partial charge in [-0.25, -0.2) is 0 Å². The molecule has 2 aromatic rings. The first-order valence-electron chi connectivity index (χ1n) is 5.63. The van der Waals surface area contributed by atoms with Crippen molar-refractivity contribution < 1.29 is 0 Å². The molecule has 3 rings (SSSR count). The van der Waals surface area contributed by atoms with Gasteiger partial charge in [-0.2, -0.15) is 11.8 Å². The molecule has 1 aliphatic rings. The highest BCUT2D eigenvalue weighted by Crippen LogP contribution is 2.47. The standard InChI is InChI=1S/C14H14S2/c1-2-5-11(6-3-1)14-9-12(10-16-14)13-7-4-8-15-13/h1-8,12,14H,9-10H2. The summed E-state index contributed by atoms with van der Waals surface area (Å²) in [6, 6.07) is 15.4. The van der Waals surface area contributed by atoms with E-state index in [1.54, 1.807) is 4.88 Å². The summed E-state index contributed by atoms with van der Waals surface area (Å²) in [5, 5.41) is 2.89. The normalized spacial score (nSPS) is 24.8. The third-order valence-corrected chi connectivity index (χ3v) is 5.61. The van der Waals surface area contributed by atoms with E-state index in [-0.39, 0.29) is 0 Å². The van der Waals surface area contributed by atoms with Crippen molar-refractivity contribution in [1.29, 1.82) is 0 Å². The molecule has 82 valence electrons. The molecule has 2 heterocycles. The second-order valence-electron chi connectivity index (χ2n) is 4.18. The average Bonchev–Trinajstić information content (AvgIpc) is 3.01. The molecule has 2 unspecified atom stereocenters. The van der Waals surface area contributed by atoms with Crippen molar-refractivity contribution in [3.8, 4) is 0 Å². The van der Waals surface area contributed by atoms with Gasteiger partial charge in [-0.15, -0.1) is 11.3 Å². The van der Waals surface area contributed by atoms with Crippen LogP contribution in [0.1, 0.15) is 28.0 Å². The van der Waals surface area contributed by atoms with E-state index in [9.17, 15) is 0 Å². The molecule has 0 amide bonds. The van der Waals surface area contributed by atoms with E-state index in [1.165, 1.54) is 17.7 Å². The van der Waals surface area contributed by atoms with Crippen molar-refractivity contribution in [3.05, 3.63) is 58.3 Å². The number of benzene rings is 1. The fourth-order valence-electron chi connectivity index (χ4n) is 2.25. The maximum Gasteiger partial charge on any atom is 0.0303 e. The summed E-state index contributed by atoms with van der Waals surface area (Å²) in [5.41, 5.74) is 1.49. The molecule has 0 N–H and O–H groups in total. The molecular formula is C14H14S2. The Morgan fingerprint density at radius 3 is 2.62 bits per heavy atom. The lowest BCUT2D eigenvalue weighted by atomic mass is 10.00. The third kappa shape index (κ3) is 2.04. The van der Waals surface area contributed by atoms with Gasteiger partial charge in [0.05, 0.1) is 0 Å². The van der Waals surface area contributed by atoms with Crippen LogP contribution in [0, 0.1) is 0 Å². The Morgan fingerprint density at radius 2 is 1.88 bits per heavy atom. The largest absolute Gasteiger partial charge is 0.153 e. The van der Waals surface area contributed by atoms with Crippen molar-refractivity contribution in [1.82, 2.24) is 0 Å². The number of thiophene rings is 1. The maximum atomic E-state index is 2.28. The van der Waals surface area contributed by atoms with Crippen LogP contribution in [0.3, 0.4) is 0 Å². The van der Waals surface area contributed by atoms with Crippen molar-refractivity contribution >= 4 is 23.1 Å². The number of rotatable bonds is 2. The molecule has 0 spiro atoms. The first-order chi connectivity index (χ1) is 7.93. The quantitative estimate of drug-likeness (QED) is 0.739. The van der Waals surface area contributed by atoms with E-state index in [0.29, 0.717) is 5.25 Å². The summed E-state index contributed by atoms with van der Waals surface area (Å²) < 4.78 is 0. The molecule has 0 aliphatic carbocycles. The molecule has 0 bridgehead atoms. The van der Waals surface area contributed by atoms with Crippen LogP contribution < -0.4 is 0 Å². The van der Waals surface area contributed by atoms with Crippen molar-refractivity contribution in [3.63, 3.8) is 0 Å². The molecular weight excluding hydrogens is 232 g/mol. The van der Waals surface area contributed by atoms with Crippen LogP contribution in [-0.4, -0.2) is 5.75 Å². The molecule has 1 saturated heterocycles. The second-order valence-corrected chi connectivity index (χ2v) is 6.40. The molecule has 0 radical (unpaired) electrons. The third-order valence-electron chi connectivity index (χ3n) is 3.11. The lowest BCUT2D eigenvalue weighted by molar-refractivity contribution is 0.726. The van der Waals surface area contributed by atoms with Crippen molar-refractivity contribution in [2.45, 2.75) is 17.6 Å². The minimum Gasteiger partial charge on any atom is -0.153 e. The van der Waals surface area contributed by atoms with Crippen LogP contribution in [-0.2, 0) is 0 Å². The van der Waals surface area contributed by atoms with Gasteiger partial charge in [0.2, 0.25) is 0 Å². The zero-order chi connectivity index (χ0) is 10.8. The minimum absolute atomic E-state index is 0.702. The Kier molecular flexibility index (Phi) is 3.02. The van der Waals surface area contributed by atoms with E-state index in [2.05, 4.69) is 59.6 Å². The van der Waals surface area contributed by atoms with Gasteiger partial charge in [0.25, 0.3) is 0 Å². The van der Waals surface area contributed by atoms with Crippen LogP contribution in [0.15, 0.2) is 47.8 Å². The minimum atomic E-state index is 0.702. The van der Waals surface area contributed by atoms with Crippen LogP contribution in [0.25, 0.3) is 0 Å². The topological polar surface area (TPSA) is 0 Å². The monoisotopic (exact) mass is 246 g/mol. The van der Waals surface area contributed by atoms with Gasteiger partial charge in [0, 0.05) is 21.8 Å². The number of hydrogen-bond donors (Lipinski definition) is 0. The van der Waals surface area contributed by atoms with E-state index in [0.717, 1.165) is 5.92 Å². The van der Waals surface area contributed by atoms with Gasteiger partial charge in [-0.1, -0.05) is 36.4 Å². The predicted octanol–water partition coefficient (Wildman–Crippen LogP) is 4.71. The van der Waals surface area contributed by atoms with Gasteiger partial charge < -0.3 is 0 Å². The predicted molar refractivity (Wildman–Crippen MR) is 73.3 cm³/mol. The smallest absolute Gasteiger partial charge is 0.0303 e. The number of hydrogen-bond acceptors (Lipinski definition) is 2. The summed E-state index contributed by atoms with van der Waals surface area (Å²) in [4.78, 5) is 1.56. The molecule has 0 saturated carbocycles. The van der Waals surface area contributed by atoms with E-state index in [4.69, 9.17) is 0 Å². The molecule has 0 nitrogen and oxygen atoms in total. The Labute approximate surface area is 105 Å². The second kappa shape index (κ2) is 4.64. The Morgan fingerprint density at radius 1 is 1.00 bits per heavy atom. The summed E-state index contributed by atoms with van der Waals surface area (Å²) in [5.74, 6) is 2.05. The van der Waals surface area contributed by atoms with E-state index < -0.39 is 0 Å². The zero-order valence-electron chi connectivity index (χ0n) is 9.00. The molecule has 1 aromatic heterocycles. The van der Waals surface area contributed by atoms with Gasteiger partial charge in [0.15, 0.2) is 0 Å². The van der Waals surface area contributed by atoms with Crippen LogP contribution in [0.2, 0.25) is 0 Å². The first-order valence-corrected chi connectivity index (χ1v) is 7.56. The lowest BCUT2D eigenvalue weighted by Gasteiger charge is -2.09. The summed E-state index contributed by atoms with van der Waals surface area (Å²) in [6.45, 7) is 0. The van der Waals surface area contributed by atoms with Crippen LogP contribution >= 0.6 is 23.1 Å². The molecule has 16 heavy (non-hydrogen) atoms. The summed E-state index contributed by atoms with van der Waals surface area (Å²) in [6.07, 6.45) is 1.30. The zero-order valence-corrected chi connectivity index (χ0v) is 10.6. The highest BCUT2D eigenvalue weighted by Gasteiger charge is 2.27. The summed E-state index contributed by atoms with van der Waals surface area (Å²) >= 11 is 4.01. The highest BCUT2D eigenvalue weighted by atomic mass is 32.2. The summed E-state index contributed by atoms with van der Waals surface area (Å²) in [7, 11) is 0. The molecule has 1 aromatic carbocycles.